The van der Waals surface area contributed by atoms with Crippen LogP contribution in [-0.2, 0) is 4.79 Å². The monoisotopic (exact) mass is 294 g/mol. The number of carbonyl (C=O) groups excluding carboxylic acids is 1. The molecule has 0 spiro atoms. The molecule has 1 heterocycles. The van der Waals surface area contributed by atoms with Crippen molar-refractivity contribution in [2.24, 2.45) is 5.92 Å². The molecule has 1 aliphatic rings. The van der Waals surface area contributed by atoms with E-state index in [0.717, 1.165) is 24.3 Å². The number of nitrogen functional groups attached to an aromatic ring is 1. The first-order chi connectivity index (χ1) is 9.56. The second-order valence-corrected chi connectivity index (χ2v) is 6.14. The molecule has 1 aliphatic heterocycles. The van der Waals surface area contributed by atoms with Gasteiger partial charge in [0.1, 0.15) is 0 Å². The number of hydrogen-bond acceptors (Lipinski definition) is 4. The molecule has 108 valence electrons. The molecule has 1 aromatic rings. The summed E-state index contributed by atoms with van der Waals surface area (Å²) in [6.45, 7) is 0. The third-order valence-corrected chi connectivity index (χ3v) is 4.41. The molecular formula is C14H18N2O3S. The van der Waals surface area contributed by atoms with E-state index in [9.17, 15) is 9.59 Å². The molecule has 0 aliphatic carbocycles. The van der Waals surface area contributed by atoms with Crippen molar-refractivity contribution in [2.75, 3.05) is 22.6 Å². The van der Waals surface area contributed by atoms with Crippen LogP contribution in [0.25, 0.3) is 0 Å². The number of carbonyl (C=O) groups is 2. The highest BCUT2D eigenvalue weighted by molar-refractivity contribution is 7.99. The largest absolute Gasteiger partial charge is 0.478 e. The number of hydrogen-bond donors (Lipinski definition) is 3. The number of nitrogens with one attached hydrogen (secondary N) is 1. The van der Waals surface area contributed by atoms with Gasteiger partial charge in [0.05, 0.1) is 11.3 Å². The summed E-state index contributed by atoms with van der Waals surface area (Å²) in [7, 11) is 0. The zero-order chi connectivity index (χ0) is 14.5. The van der Waals surface area contributed by atoms with Gasteiger partial charge in [-0.1, -0.05) is 0 Å². The van der Waals surface area contributed by atoms with E-state index < -0.39 is 5.97 Å². The molecule has 4 N–H and O–H groups in total. The van der Waals surface area contributed by atoms with Crippen molar-refractivity contribution in [1.29, 1.82) is 0 Å². The Morgan fingerprint density at radius 3 is 2.70 bits per heavy atom. The summed E-state index contributed by atoms with van der Waals surface area (Å²) in [4.78, 5) is 23.1. The number of anilines is 2. The Bertz CT molecular complexity index is 513. The fraction of sp³-hybridized carbons (Fsp3) is 0.429. The van der Waals surface area contributed by atoms with Crippen molar-refractivity contribution < 1.29 is 14.7 Å². The zero-order valence-electron chi connectivity index (χ0n) is 11.1. The first-order valence-electron chi connectivity index (χ1n) is 6.56. The van der Waals surface area contributed by atoms with Crippen LogP contribution in [0.3, 0.4) is 0 Å². The molecule has 1 aromatic carbocycles. The molecule has 0 saturated carbocycles. The predicted octanol–water partition coefficient (Wildman–Crippen LogP) is 2.44. The van der Waals surface area contributed by atoms with Crippen LogP contribution in [0, 0.1) is 5.92 Å². The number of carboxylic acids is 1. The third kappa shape index (κ3) is 3.90. The summed E-state index contributed by atoms with van der Waals surface area (Å²) in [6, 6.07) is 4.40. The Hall–Kier alpha value is -1.69. The number of carboxylic acid groups (broad SMARTS) is 1. The number of rotatable bonds is 4. The lowest BCUT2D eigenvalue weighted by Gasteiger charge is -2.20. The van der Waals surface area contributed by atoms with Crippen molar-refractivity contribution in [3.05, 3.63) is 23.8 Å². The number of nitrogens with two attached hydrogens (primary N) is 1. The van der Waals surface area contributed by atoms with Gasteiger partial charge in [0, 0.05) is 12.1 Å². The Labute approximate surface area is 121 Å². The first-order valence-corrected chi connectivity index (χ1v) is 7.72. The maximum atomic E-state index is 12.0. The Morgan fingerprint density at radius 1 is 1.35 bits per heavy atom. The second kappa shape index (κ2) is 6.65. The van der Waals surface area contributed by atoms with Crippen LogP contribution in [0.5, 0.6) is 0 Å². The highest BCUT2D eigenvalue weighted by Crippen LogP contribution is 2.26. The smallest absolute Gasteiger partial charge is 0.337 e. The van der Waals surface area contributed by atoms with Gasteiger partial charge in [-0.25, -0.2) is 4.79 Å². The number of thioether (sulfide) groups is 1. The summed E-state index contributed by atoms with van der Waals surface area (Å²) < 4.78 is 0. The molecule has 2 rings (SSSR count). The summed E-state index contributed by atoms with van der Waals surface area (Å²) in [6.07, 6.45) is 2.52. The third-order valence-electron chi connectivity index (χ3n) is 3.36. The molecule has 0 unspecified atom stereocenters. The topological polar surface area (TPSA) is 92.4 Å². The lowest BCUT2D eigenvalue weighted by atomic mass is 9.98. The highest BCUT2D eigenvalue weighted by Gasteiger charge is 2.19. The second-order valence-electron chi connectivity index (χ2n) is 4.92. The van der Waals surface area contributed by atoms with Gasteiger partial charge < -0.3 is 16.2 Å². The Balaban J connectivity index is 2.03. The normalized spacial score (nSPS) is 15.8. The first kappa shape index (κ1) is 14.7. The van der Waals surface area contributed by atoms with Crippen LogP contribution < -0.4 is 11.1 Å². The molecule has 5 nitrogen and oxygen atoms in total. The number of aromatic carboxylic acids is 1. The van der Waals surface area contributed by atoms with Gasteiger partial charge in [0.15, 0.2) is 0 Å². The quantitative estimate of drug-likeness (QED) is 0.742. The van der Waals surface area contributed by atoms with Crippen LogP contribution in [0.4, 0.5) is 11.4 Å². The van der Waals surface area contributed by atoms with Crippen LogP contribution in [0.1, 0.15) is 29.6 Å². The zero-order valence-corrected chi connectivity index (χ0v) is 11.9. The van der Waals surface area contributed by atoms with Crippen LogP contribution in [0.15, 0.2) is 18.2 Å². The standard InChI is InChI=1S/C14H18N2O3S/c15-10-1-2-11(14(18)19)12(8-10)16-13(17)7-9-3-5-20-6-4-9/h1-2,8-9H,3-7,15H2,(H,16,17)(H,18,19). The van der Waals surface area contributed by atoms with Crippen LogP contribution in [0.2, 0.25) is 0 Å². The van der Waals surface area contributed by atoms with Crippen molar-refractivity contribution in [3.8, 4) is 0 Å². The minimum absolute atomic E-state index is 0.0618. The average molecular weight is 294 g/mol. The van der Waals surface area contributed by atoms with Crippen molar-refractivity contribution in [3.63, 3.8) is 0 Å². The van der Waals surface area contributed by atoms with Gasteiger partial charge >= 0.3 is 5.97 Å². The van der Waals surface area contributed by atoms with E-state index in [1.165, 1.54) is 18.2 Å². The van der Waals surface area contributed by atoms with E-state index in [-0.39, 0.29) is 17.2 Å². The molecule has 0 radical (unpaired) electrons. The fourth-order valence-corrected chi connectivity index (χ4v) is 3.47. The summed E-state index contributed by atoms with van der Waals surface area (Å²) in [5, 5.41) is 11.8. The molecule has 6 heteroatoms. The molecule has 0 atom stereocenters. The van der Waals surface area contributed by atoms with Crippen molar-refractivity contribution >= 4 is 35.0 Å². The number of amides is 1. The van der Waals surface area contributed by atoms with E-state index in [2.05, 4.69) is 5.32 Å². The van der Waals surface area contributed by atoms with E-state index >= 15 is 0 Å². The van der Waals surface area contributed by atoms with E-state index in [4.69, 9.17) is 10.8 Å². The summed E-state index contributed by atoms with van der Waals surface area (Å²) in [5.74, 6) is 1.36. The Kier molecular flexibility index (Phi) is 4.89. The predicted molar refractivity (Wildman–Crippen MR) is 81.1 cm³/mol. The van der Waals surface area contributed by atoms with Gasteiger partial charge in [-0.15, -0.1) is 0 Å². The van der Waals surface area contributed by atoms with Gasteiger partial charge in [0.25, 0.3) is 0 Å². The average Bonchev–Trinajstić information content (AvgIpc) is 2.39. The molecule has 0 aromatic heterocycles. The molecule has 20 heavy (non-hydrogen) atoms. The lowest BCUT2D eigenvalue weighted by Crippen LogP contribution is -2.20. The molecule has 1 fully saturated rings. The van der Waals surface area contributed by atoms with Gasteiger partial charge in [-0.2, -0.15) is 11.8 Å². The maximum absolute atomic E-state index is 12.0. The molecule has 1 amide bonds. The lowest BCUT2D eigenvalue weighted by molar-refractivity contribution is -0.117. The fourth-order valence-electron chi connectivity index (χ4n) is 2.27. The summed E-state index contributed by atoms with van der Waals surface area (Å²) in [5.41, 5.74) is 6.40. The molecule has 1 saturated heterocycles. The van der Waals surface area contributed by atoms with Gasteiger partial charge in [0.2, 0.25) is 5.91 Å². The Morgan fingerprint density at radius 2 is 2.05 bits per heavy atom. The molecular weight excluding hydrogens is 276 g/mol. The van der Waals surface area contributed by atoms with E-state index in [1.54, 1.807) is 0 Å². The van der Waals surface area contributed by atoms with E-state index in [0.29, 0.717) is 18.0 Å². The minimum Gasteiger partial charge on any atom is -0.478 e. The summed E-state index contributed by atoms with van der Waals surface area (Å²) >= 11 is 1.91. The van der Waals surface area contributed by atoms with Crippen molar-refractivity contribution in [1.82, 2.24) is 0 Å². The van der Waals surface area contributed by atoms with Crippen LogP contribution in [-0.4, -0.2) is 28.5 Å². The maximum Gasteiger partial charge on any atom is 0.337 e. The van der Waals surface area contributed by atoms with Gasteiger partial charge in [-0.05, 0) is 48.5 Å². The highest BCUT2D eigenvalue weighted by atomic mass is 32.2. The SMILES string of the molecule is Nc1ccc(C(=O)O)c(NC(=O)CC2CCSCC2)c1. The number of benzene rings is 1. The minimum atomic E-state index is -1.07. The molecule has 0 bridgehead atoms. The van der Waals surface area contributed by atoms with Crippen LogP contribution >= 0.6 is 11.8 Å². The van der Waals surface area contributed by atoms with Crippen molar-refractivity contribution in [2.45, 2.75) is 19.3 Å². The van der Waals surface area contributed by atoms with E-state index in [1.807, 2.05) is 11.8 Å². The van der Waals surface area contributed by atoms with Gasteiger partial charge in [-0.3, -0.25) is 4.79 Å².